The van der Waals surface area contributed by atoms with Gasteiger partial charge in [0.25, 0.3) is 0 Å². The van der Waals surface area contributed by atoms with Crippen molar-refractivity contribution >= 4 is 28.8 Å². The number of pyridine rings is 1. The molecule has 2 aromatic rings. The van der Waals surface area contributed by atoms with Crippen LogP contribution in [0.2, 0.25) is 5.02 Å². The zero-order valence-corrected chi connectivity index (χ0v) is 9.52. The summed E-state index contributed by atoms with van der Waals surface area (Å²) in [5, 5.41) is 0.707. The summed E-state index contributed by atoms with van der Waals surface area (Å²) in [6.07, 6.45) is 1.85. The molecule has 2 rings (SSSR count). The molecule has 0 fully saturated rings. The first kappa shape index (κ1) is 9.81. The molecule has 0 aliphatic carbocycles. The van der Waals surface area contributed by atoms with Gasteiger partial charge in [0.05, 0.1) is 22.3 Å². The van der Waals surface area contributed by atoms with Crippen molar-refractivity contribution in [1.29, 1.82) is 0 Å². The van der Waals surface area contributed by atoms with Crippen LogP contribution in [-0.2, 0) is 5.88 Å². The van der Waals surface area contributed by atoms with E-state index in [9.17, 15) is 0 Å². The Morgan fingerprint density at radius 3 is 2.79 bits per heavy atom. The van der Waals surface area contributed by atoms with Gasteiger partial charge in [-0.15, -0.1) is 11.6 Å². The lowest BCUT2D eigenvalue weighted by Gasteiger charge is -2.01. The normalized spacial score (nSPS) is 11.1. The van der Waals surface area contributed by atoms with E-state index in [0.717, 1.165) is 22.6 Å². The molecular formula is C10H10Cl2N2. The largest absolute Gasteiger partial charge is 0.301 e. The minimum Gasteiger partial charge on any atom is -0.301 e. The van der Waals surface area contributed by atoms with Crippen LogP contribution in [0.4, 0.5) is 0 Å². The van der Waals surface area contributed by atoms with Crippen molar-refractivity contribution in [3.05, 3.63) is 34.2 Å². The second kappa shape index (κ2) is 3.44. The average molecular weight is 229 g/mol. The Morgan fingerprint density at radius 1 is 1.43 bits per heavy atom. The van der Waals surface area contributed by atoms with Crippen LogP contribution in [0, 0.1) is 13.8 Å². The van der Waals surface area contributed by atoms with E-state index < -0.39 is 0 Å². The fourth-order valence-electron chi connectivity index (χ4n) is 1.59. The molecule has 4 heteroatoms. The van der Waals surface area contributed by atoms with Gasteiger partial charge in [-0.2, -0.15) is 0 Å². The van der Waals surface area contributed by atoms with Gasteiger partial charge in [0.1, 0.15) is 5.65 Å². The third-order valence-corrected chi connectivity index (χ3v) is 2.76. The van der Waals surface area contributed by atoms with Crippen molar-refractivity contribution in [3.8, 4) is 0 Å². The molecule has 0 atom stereocenters. The van der Waals surface area contributed by atoms with Gasteiger partial charge in [-0.05, 0) is 25.5 Å². The Labute approximate surface area is 92.5 Å². The summed E-state index contributed by atoms with van der Waals surface area (Å²) in [4.78, 5) is 4.44. The Balaban J connectivity index is 2.87. The maximum atomic E-state index is 5.97. The van der Waals surface area contributed by atoms with Gasteiger partial charge in [-0.1, -0.05) is 11.6 Å². The Hall–Kier alpha value is -0.730. The predicted octanol–water partition coefficient (Wildman–Crippen LogP) is 3.34. The topological polar surface area (TPSA) is 17.3 Å². The van der Waals surface area contributed by atoms with Crippen LogP contribution in [0.25, 0.3) is 5.65 Å². The third kappa shape index (κ3) is 1.39. The second-order valence-electron chi connectivity index (χ2n) is 3.31. The fraction of sp³-hybridized carbons (Fsp3) is 0.300. The molecule has 14 heavy (non-hydrogen) atoms. The summed E-state index contributed by atoms with van der Waals surface area (Å²) in [5.41, 5.74) is 3.97. The summed E-state index contributed by atoms with van der Waals surface area (Å²) < 4.78 is 1.96. The van der Waals surface area contributed by atoms with Crippen molar-refractivity contribution in [2.24, 2.45) is 0 Å². The molecule has 0 spiro atoms. The Morgan fingerprint density at radius 2 is 2.14 bits per heavy atom. The number of alkyl halides is 1. The second-order valence-corrected chi connectivity index (χ2v) is 4.02. The van der Waals surface area contributed by atoms with E-state index in [0.29, 0.717) is 10.9 Å². The number of aryl methyl sites for hydroxylation is 2. The molecule has 0 bridgehead atoms. The van der Waals surface area contributed by atoms with Crippen LogP contribution in [0.15, 0.2) is 12.3 Å². The highest BCUT2D eigenvalue weighted by Gasteiger charge is 2.09. The van der Waals surface area contributed by atoms with Gasteiger partial charge in [-0.25, -0.2) is 4.98 Å². The minimum atomic E-state index is 0.451. The van der Waals surface area contributed by atoms with Gasteiger partial charge in [0, 0.05) is 6.20 Å². The van der Waals surface area contributed by atoms with Gasteiger partial charge in [0.15, 0.2) is 0 Å². The highest BCUT2D eigenvalue weighted by molar-refractivity contribution is 6.30. The lowest BCUT2D eigenvalue weighted by atomic mass is 10.3. The first-order valence-electron chi connectivity index (χ1n) is 4.33. The molecular weight excluding hydrogens is 219 g/mol. The SMILES string of the molecule is Cc1nc2c(C)cc(Cl)cn2c1CCl. The van der Waals surface area contributed by atoms with E-state index in [-0.39, 0.29) is 0 Å². The summed E-state index contributed by atoms with van der Waals surface area (Å²) in [7, 11) is 0. The Bertz CT molecular complexity index is 488. The summed E-state index contributed by atoms with van der Waals surface area (Å²) >= 11 is 11.8. The lowest BCUT2D eigenvalue weighted by molar-refractivity contribution is 1.07. The molecule has 2 nitrogen and oxygen atoms in total. The minimum absolute atomic E-state index is 0.451. The van der Waals surface area contributed by atoms with Crippen LogP contribution in [-0.4, -0.2) is 9.38 Å². The first-order valence-corrected chi connectivity index (χ1v) is 5.24. The monoisotopic (exact) mass is 228 g/mol. The van der Waals surface area contributed by atoms with E-state index in [4.69, 9.17) is 23.2 Å². The standard InChI is InChI=1S/C10H10Cl2N2/c1-6-3-8(12)5-14-9(4-11)7(2)13-10(6)14/h3,5H,4H2,1-2H3. The molecule has 0 radical (unpaired) electrons. The van der Waals surface area contributed by atoms with Crippen LogP contribution in [0.5, 0.6) is 0 Å². The van der Waals surface area contributed by atoms with E-state index in [1.165, 1.54) is 0 Å². The van der Waals surface area contributed by atoms with Crippen molar-refractivity contribution in [2.75, 3.05) is 0 Å². The molecule has 0 saturated carbocycles. The summed E-state index contributed by atoms with van der Waals surface area (Å²) in [6.45, 7) is 3.95. The highest BCUT2D eigenvalue weighted by atomic mass is 35.5. The van der Waals surface area contributed by atoms with Gasteiger partial charge >= 0.3 is 0 Å². The molecule has 2 heterocycles. The van der Waals surface area contributed by atoms with Crippen molar-refractivity contribution in [1.82, 2.24) is 9.38 Å². The number of hydrogen-bond acceptors (Lipinski definition) is 1. The van der Waals surface area contributed by atoms with Crippen LogP contribution < -0.4 is 0 Å². The molecule has 0 saturated heterocycles. The molecule has 74 valence electrons. The van der Waals surface area contributed by atoms with E-state index >= 15 is 0 Å². The average Bonchev–Trinajstić information content (AvgIpc) is 2.41. The summed E-state index contributed by atoms with van der Waals surface area (Å²) in [6, 6.07) is 1.90. The lowest BCUT2D eigenvalue weighted by Crippen LogP contribution is -1.92. The fourth-order valence-corrected chi connectivity index (χ4v) is 2.17. The zero-order valence-electron chi connectivity index (χ0n) is 8.01. The molecule has 0 N–H and O–H groups in total. The molecule has 0 unspecified atom stereocenters. The molecule has 0 aliphatic rings. The van der Waals surface area contributed by atoms with Crippen LogP contribution >= 0.6 is 23.2 Å². The zero-order chi connectivity index (χ0) is 10.3. The van der Waals surface area contributed by atoms with Crippen LogP contribution in [0.1, 0.15) is 17.0 Å². The van der Waals surface area contributed by atoms with Crippen molar-refractivity contribution in [2.45, 2.75) is 19.7 Å². The molecule has 0 amide bonds. The van der Waals surface area contributed by atoms with Crippen molar-refractivity contribution in [3.63, 3.8) is 0 Å². The first-order chi connectivity index (χ1) is 6.63. The maximum absolute atomic E-state index is 5.97. The van der Waals surface area contributed by atoms with E-state index in [1.807, 2.05) is 30.5 Å². The quantitative estimate of drug-likeness (QED) is 0.685. The smallest absolute Gasteiger partial charge is 0.140 e. The van der Waals surface area contributed by atoms with Gasteiger partial charge in [-0.3, -0.25) is 0 Å². The Kier molecular flexibility index (Phi) is 2.41. The number of halogens is 2. The number of aromatic nitrogens is 2. The van der Waals surface area contributed by atoms with Crippen molar-refractivity contribution < 1.29 is 0 Å². The molecule has 0 aromatic carbocycles. The highest BCUT2D eigenvalue weighted by Crippen LogP contribution is 2.20. The van der Waals surface area contributed by atoms with E-state index in [1.54, 1.807) is 0 Å². The number of rotatable bonds is 1. The third-order valence-electron chi connectivity index (χ3n) is 2.30. The van der Waals surface area contributed by atoms with Gasteiger partial charge in [0.2, 0.25) is 0 Å². The van der Waals surface area contributed by atoms with E-state index in [2.05, 4.69) is 4.98 Å². The number of fused-ring (bicyclic) bond motifs is 1. The predicted molar refractivity (Wildman–Crippen MR) is 59.2 cm³/mol. The number of hydrogen-bond donors (Lipinski definition) is 0. The molecule has 2 aromatic heterocycles. The molecule has 0 aliphatic heterocycles. The summed E-state index contributed by atoms with van der Waals surface area (Å²) in [5.74, 6) is 0.451. The number of imidazole rings is 1. The van der Waals surface area contributed by atoms with Gasteiger partial charge < -0.3 is 4.40 Å². The van der Waals surface area contributed by atoms with Crippen LogP contribution in [0.3, 0.4) is 0 Å². The number of nitrogens with zero attached hydrogens (tertiary/aromatic N) is 2. The maximum Gasteiger partial charge on any atom is 0.140 e.